The van der Waals surface area contributed by atoms with Crippen LogP contribution in [0, 0.1) is 0 Å². The van der Waals surface area contributed by atoms with Crippen molar-refractivity contribution in [3.05, 3.63) is 17.7 Å². The highest BCUT2D eigenvalue weighted by Gasteiger charge is 2.33. The molecule has 0 bridgehead atoms. The molecule has 1 aromatic rings. The van der Waals surface area contributed by atoms with Crippen LogP contribution in [0.3, 0.4) is 0 Å². The highest BCUT2D eigenvalue weighted by Crippen LogP contribution is 2.40. The summed E-state index contributed by atoms with van der Waals surface area (Å²) < 4.78 is 17.0. The molecule has 0 spiro atoms. The molecule has 1 saturated carbocycles. The van der Waals surface area contributed by atoms with Crippen LogP contribution in [0.4, 0.5) is 0 Å². The molecule has 6 heteroatoms. The van der Waals surface area contributed by atoms with Crippen molar-refractivity contribution >= 4 is 5.91 Å². The van der Waals surface area contributed by atoms with Crippen LogP contribution in [-0.2, 0) is 0 Å². The van der Waals surface area contributed by atoms with Crippen LogP contribution in [0.2, 0.25) is 0 Å². The van der Waals surface area contributed by atoms with Crippen molar-refractivity contribution in [2.24, 2.45) is 0 Å². The Kier molecular flexibility index (Phi) is 6.73. The van der Waals surface area contributed by atoms with Crippen LogP contribution in [0.5, 0.6) is 17.2 Å². The van der Waals surface area contributed by atoms with Gasteiger partial charge < -0.3 is 24.2 Å². The van der Waals surface area contributed by atoms with E-state index in [2.05, 4.69) is 0 Å². The van der Waals surface area contributed by atoms with Gasteiger partial charge in [-0.2, -0.15) is 0 Å². The Bertz CT molecular complexity index is 529. The third-order valence-electron chi connectivity index (χ3n) is 3.75. The molecule has 0 aromatic heterocycles. The SMILES string of the molecule is CCOc1cc(C(=O)N(CCO)C2CC2)cc(OCC)c1OCC. The predicted octanol–water partition coefficient (Wildman–Crippen LogP) is 2.48. The Hall–Kier alpha value is -1.95. The highest BCUT2D eigenvalue weighted by atomic mass is 16.5. The maximum atomic E-state index is 12.9. The Balaban J connectivity index is 2.39. The maximum Gasteiger partial charge on any atom is 0.254 e. The van der Waals surface area contributed by atoms with E-state index < -0.39 is 0 Å². The first kappa shape index (κ1) is 18.4. The lowest BCUT2D eigenvalue weighted by Gasteiger charge is -2.23. The molecule has 0 atom stereocenters. The van der Waals surface area contributed by atoms with Crippen LogP contribution >= 0.6 is 0 Å². The van der Waals surface area contributed by atoms with E-state index in [-0.39, 0.29) is 18.6 Å². The lowest BCUT2D eigenvalue weighted by molar-refractivity contribution is 0.0706. The van der Waals surface area contributed by atoms with Crippen molar-refractivity contribution in [3.8, 4) is 17.2 Å². The number of aliphatic hydroxyl groups excluding tert-OH is 1. The smallest absolute Gasteiger partial charge is 0.254 e. The number of carbonyl (C=O) groups excluding carboxylic acids is 1. The molecule has 1 aliphatic rings. The van der Waals surface area contributed by atoms with Gasteiger partial charge in [-0.25, -0.2) is 0 Å². The number of ether oxygens (including phenoxy) is 3. The van der Waals surface area contributed by atoms with E-state index in [4.69, 9.17) is 14.2 Å². The Morgan fingerprint density at radius 1 is 1.08 bits per heavy atom. The van der Waals surface area contributed by atoms with E-state index >= 15 is 0 Å². The minimum atomic E-state index is -0.114. The van der Waals surface area contributed by atoms with Gasteiger partial charge in [0.25, 0.3) is 5.91 Å². The fourth-order valence-corrected chi connectivity index (χ4v) is 2.62. The molecular weight excluding hydrogens is 310 g/mol. The zero-order valence-corrected chi connectivity index (χ0v) is 14.7. The van der Waals surface area contributed by atoms with Gasteiger partial charge in [0.15, 0.2) is 11.5 Å². The third kappa shape index (κ3) is 4.32. The number of carbonyl (C=O) groups is 1. The molecule has 0 heterocycles. The average molecular weight is 337 g/mol. The molecule has 2 rings (SSSR count). The van der Waals surface area contributed by atoms with Crippen LogP contribution in [0.25, 0.3) is 0 Å². The fourth-order valence-electron chi connectivity index (χ4n) is 2.62. The standard InChI is InChI=1S/C18H27NO5/c1-4-22-15-11-13(12-16(23-5-2)17(15)24-6-3)18(21)19(9-10-20)14-7-8-14/h11-12,14,20H,4-10H2,1-3H3. The van der Waals surface area contributed by atoms with Crippen LogP contribution in [0.15, 0.2) is 12.1 Å². The van der Waals surface area contributed by atoms with Crippen molar-refractivity contribution in [3.63, 3.8) is 0 Å². The quantitative estimate of drug-likeness (QED) is 0.710. The van der Waals surface area contributed by atoms with E-state index in [0.717, 1.165) is 12.8 Å². The molecule has 0 aliphatic heterocycles. The zero-order valence-electron chi connectivity index (χ0n) is 14.7. The summed E-state index contributed by atoms with van der Waals surface area (Å²) >= 11 is 0. The second-order valence-corrected chi connectivity index (χ2v) is 5.55. The second-order valence-electron chi connectivity index (χ2n) is 5.55. The number of rotatable bonds is 10. The van der Waals surface area contributed by atoms with Crippen molar-refractivity contribution in [1.82, 2.24) is 4.90 Å². The Morgan fingerprint density at radius 3 is 2.04 bits per heavy atom. The van der Waals surface area contributed by atoms with Gasteiger partial charge in [-0.3, -0.25) is 4.79 Å². The summed E-state index contributed by atoms with van der Waals surface area (Å²) in [5, 5.41) is 9.24. The number of hydrogen-bond donors (Lipinski definition) is 1. The molecule has 0 saturated heterocycles. The molecular formula is C18H27NO5. The molecule has 1 aliphatic carbocycles. The first-order chi connectivity index (χ1) is 11.7. The largest absolute Gasteiger partial charge is 0.490 e. The first-order valence-electron chi connectivity index (χ1n) is 8.64. The van der Waals surface area contributed by atoms with E-state index in [1.807, 2.05) is 20.8 Å². The molecule has 1 N–H and O–H groups in total. The summed E-state index contributed by atoms with van der Waals surface area (Å²) in [6.45, 7) is 7.35. The number of amides is 1. The molecule has 0 radical (unpaired) electrons. The number of nitrogens with zero attached hydrogens (tertiary/aromatic N) is 1. The van der Waals surface area contributed by atoms with Gasteiger partial charge in [0.05, 0.1) is 26.4 Å². The molecule has 1 fully saturated rings. The highest BCUT2D eigenvalue weighted by molar-refractivity contribution is 5.96. The minimum absolute atomic E-state index is 0.0457. The van der Waals surface area contributed by atoms with E-state index in [9.17, 15) is 9.90 Å². The predicted molar refractivity (Wildman–Crippen MR) is 91.1 cm³/mol. The number of aliphatic hydroxyl groups is 1. The summed E-state index contributed by atoms with van der Waals surface area (Å²) in [7, 11) is 0. The summed E-state index contributed by atoms with van der Waals surface area (Å²) in [6, 6.07) is 3.63. The van der Waals surface area contributed by atoms with Crippen LogP contribution in [-0.4, -0.2) is 54.9 Å². The zero-order chi connectivity index (χ0) is 17.5. The molecule has 134 valence electrons. The van der Waals surface area contributed by atoms with Gasteiger partial charge in [-0.05, 0) is 45.7 Å². The lowest BCUT2D eigenvalue weighted by Crippen LogP contribution is -2.35. The average Bonchev–Trinajstić information content (AvgIpc) is 3.40. The normalized spacial score (nSPS) is 13.5. The van der Waals surface area contributed by atoms with Gasteiger partial charge in [0, 0.05) is 18.2 Å². The van der Waals surface area contributed by atoms with Gasteiger partial charge in [-0.1, -0.05) is 0 Å². The van der Waals surface area contributed by atoms with Crippen LogP contribution in [0.1, 0.15) is 44.0 Å². The topological polar surface area (TPSA) is 68.2 Å². The minimum Gasteiger partial charge on any atom is -0.490 e. The molecule has 1 amide bonds. The lowest BCUT2D eigenvalue weighted by atomic mass is 10.1. The molecule has 6 nitrogen and oxygen atoms in total. The summed E-state index contributed by atoms with van der Waals surface area (Å²) in [6.07, 6.45) is 1.97. The van der Waals surface area contributed by atoms with Crippen molar-refractivity contribution < 1.29 is 24.1 Å². The van der Waals surface area contributed by atoms with Gasteiger partial charge in [0.1, 0.15) is 0 Å². The molecule has 1 aromatic carbocycles. The van der Waals surface area contributed by atoms with Crippen molar-refractivity contribution in [1.29, 1.82) is 0 Å². The van der Waals surface area contributed by atoms with Crippen molar-refractivity contribution in [2.45, 2.75) is 39.7 Å². The summed E-state index contributed by atoms with van der Waals surface area (Å²) in [5.41, 5.74) is 0.491. The second kappa shape index (κ2) is 8.78. The first-order valence-corrected chi connectivity index (χ1v) is 8.64. The summed E-state index contributed by atoms with van der Waals surface area (Å²) in [5.74, 6) is 1.43. The maximum absolute atomic E-state index is 12.9. The van der Waals surface area contributed by atoms with Gasteiger partial charge in [0.2, 0.25) is 5.75 Å². The third-order valence-corrected chi connectivity index (χ3v) is 3.75. The monoisotopic (exact) mass is 337 g/mol. The van der Waals surface area contributed by atoms with E-state index in [1.165, 1.54) is 0 Å². The number of benzene rings is 1. The van der Waals surface area contributed by atoms with E-state index in [1.54, 1.807) is 17.0 Å². The Labute approximate surface area is 143 Å². The van der Waals surface area contributed by atoms with E-state index in [0.29, 0.717) is 49.2 Å². The van der Waals surface area contributed by atoms with Crippen LogP contribution < -0.4 is 14.2 Å². The number of hydrogen-bond acceptors (Lipinski definition) is 5. The van der Waals surface area contributed by atoms with Gasteiger partial charge in [-0.15, -0.1) is 0 Å². The Morgan fingerprint density at radius 2 is 1.62 bits per heavy atom. The molecule has 0 unspecified atom stereocenters. The summed E-state index contributed by atoms with van der Waals surface area (Å²) in [4.78, 5) is 14.6. The van der Waals surface area contributed by atoms with Gasteiger partial charge >= 0.3 is 0 Å². The molecule has 24 heavy (non-hydrogen) atoms. The van der Waals surface area contributed by atoms with Crippen molar-refractivity contribution in [2.75, 3.05) is 33.0 Å². The fraction of sp³-hybridized carbons (Fsp3) is 0.611.